The average Bonchev–Trinajstić information content (AvgIpc) is 2.65. The van der Waals surface area contributed by atoms with Crippen molar-refractivity contribution in [2.45, 2.75) is 56.7 Å². The second-order valence-electron chi connectivity index (χ2n) is 7.73. The molecule has 6 nitrogen and oxygen atoms in total. The summed E-state index contributed by atoms with van der Waals surface area (Å²) in [5.74, 6) is 0.696. The minimum Gasteiger partial charge on any atom is -0.467 e. The van der Waals surface area contributed by atoms with Gasteiger partial charge in [-0.25, -0.2) is 0 Å². The molecule has 0 radical (unpaired) electrons. The standard InChI is InChI=1S/C20H27N3O3/c24-18(21-15-6-2-1-3-7-15)14-23-12-10-20(11-13-23)22-19(25)16-8-4-5-9-17(16)26-20/h4-5,8-9,15H,1-3,6-7,10-14H2,(H,21,24)(H,22,25). The number of nitrogens with zero attached hydrogens (tertiary/aromatic N) is 1. The van der Waals surface area contributed by atoms with E-state index >= 15 is 0 Å². The van der Waals surface area contributed by atoms with E-state index in [0.29, 0.717) is 36.7 Å². The molecular weight excluding hydrogens is 330 g/mol. The lowest BCUT2D eigenvalue weighted by Gasteiger charge is -2.44. The van der Waals surface area contributed by atoms with Crippen LogP contribution in [0.15, 0.2) is 24.3 Å². The van der Waals surface area contributed by atoms with Gasteiger partial charge in [0.05, 0.1) is 12.1 Å². The Morgan fingerprint density at radius 1 is 1.19 bits per heavy atom. The smallest absolute Gasteiger partial charge is 0.258 e. The first-order valence-electron chi connectivity index (χ1n) is 9.76. The number of para-hydroxylation sites is 1. The van der Waals surface area contributed by atoms with Crippen LogP contribution in [0.2, 0.25) is 0 Å². The fourth-order valence-corrected chi connectivity index (χ4v) is 4.28. The number of piperidine rings is 1. The maximum Gasteiger partial charge on any atom is 0.258 e. The van der Waals surface area contributed by atoms with Crippen LogP contribution in [0.5, 0.6) is 5.75 Å². The normalized spacial score (nSPS) is 23.0. The predicted octanol–water partition coefficient (Wildman–Crippen LogP) is 2.05. The lowest BCUT2D eigenvalue weighted by Crippen LogP contribution is -2.61. The molecule has 3 aliphatic rings. The largest absolute Gasteiger partial charge is 0.467 e. The highest BCUT2D eigenvalue weighted by Crippen LogP contribution is 2.33. The fraction of sp³-hybridized carbons (Fsp3) is 0.600. The molecule has 1 aromatic rings. The molecule has 6 heteroatoms. The van der Waals surface area contributed by atoms with Crippen LogP contribution in [0, 0.1) is 0 Å². The van der Waals surface area contributed by atoms with E-state index in [1.165, 1.54) is 19.3 Å². The van der Waals surface area contributed by atoms with Crippen molar-refractivity contribution in [2.24, 2.45) is 0 Å². The Kier molecular flexibility index (Phi) is 4.85. The summed E-state index contributed by atoms with van der Waals surface area (Å²) in [5.41, 5.74) is -0.0469. The first-order valence-corrected chi connectivity index (χ1v) is 9.76. The highest BCUT2D eigenvalue weighted by molar-refractivity contribution is 5.98. The zero-order chi connectivity index (χ0) is 18.0. The third kappa shape index (κ3) is 3.70. The topological polar surface area (TPSA) is 70.7 Å². The maximum atomic E-state index is 12.4. The van der Waals surface area contributed by atoms with Gasteiger partial charge >= 0.3 is 0 Å². The molecule has 0 aromatic heterocycles. The third-order valence-corrected chi connectivity index (χ3v) is 5.78. The van der Waals surface area contributed by atoms with Crippen LogP contribution < -0.4 is 15.4 Å². The van der Waals surface area contributed by atoms with Gasteiger partial charge in [0.2, 0.25) is 5.91 Å². The Bertz CT molecular complexity index is 677. The molecule has 2 aliphatic heterocycles. The Morgan fingerprint density at radius 2 is 1.92 bits per heavy atom. The Balaban J connectivity index is 1.30. The number of rotatable bonds is 3. The number of benzene rings is 1. The van der Waals surface area contributed by atoms with Gasteiger partial charge in [-0.3, -0.25) is 14.5 Å². The van der Waals surface area contributed by atoms with Crippen molar-refractivity contribution in [2.75, 3.05) is 19.6 Å². The predicted molar refractivity (Wildman–Crippen MR) is 98.0 cm³/mol. The van der Waals surface area contributed by atoms with Crippen molar-refractivity contribution in [3.05, 3.63) is 29.8 Å². The van der Waals surface area contributed by atoms with Crippen LogP contribution in [-0.2, 0) is 4.79 Å². The third-order valence-electron chi connectivity index (χ3n) is 5.78. The van der Waals surface area contributed by atoms with Gasteiger partial charge in [0.25, 0.3) is 5.91 Å². The summed E-state index contributed by atoms with van der Waals surface area (Å²) >= 11 is 0. The molecule has 2 N–H and O–H groups in total. The zero-order valence-electron chi connectivity index (χ0n) is 15.1. The molecular formula is C20H27N3O3. The average molecular weight is 357 g/mol. The number of hydrogen-bond acceptors (Lipinski definition) is 4. The molecule has 140 valence electrons. The van der Waals surface area contributed by atoms with Gasteiger partial charge in [0, 0.05) is 32.0 Å². The van der Waals surface area contributed by atoms with Crippen LogP contribution in [-0.4, -0.2) is 48.1 Å². The number of carbonyl (C=O) groups is 2. The van der Waals surface area contributed by atoms with Gasteiger partial charge in [-0.05, 0) is 25.0 Å². The molecule has 2 fully saturated rings. The summed E-state index contributed by atoms with van der Waals surface area (Å²) in [6.45, 7) is 1.90. The first kappa shape index (κ1) is 17.3. The van der Waals surface area contributed by atoms with Crippen molar-refractivity contribution in [1.82, 2.24) is 15.5 Å². The minimum absolute atomic E-state index is 0.0738. The lowest BCUT2D eigenvalue weighted by atomic mass is 9.95. The van der Waals surface area contributed by atoms with Crippen molar-refractivity contribution >= 4 is 11.8 Å². The van der Waals surface area contributed by atoms with E-state index in [1.54, 1.807) is 6.07 Å². The highest BCUT2D eigenvalue weighted by atomic mass is 16.5. The van der Waals surface area contributed by atoms with Gasteiger partial charge in [0.15, 0.2) is 5.72 Å². The molecule has 2 amide bonds. The van der Waals surface area contributed by atoms with Crippen molar-refractivity contribution < 1.29 is 14.3 Å². The summed E-state index contributed by atoms with van der Waals surface area (Å²) < 4.78 is 6.15. The van der Waals surface area contributed by atoms with Crippen LogP contribution in [0.3, 0.4) is 0 Å². The Hall–Kier alpha value is -2.08. The number of fused-ring (bicyclic) bond motifs is 1. The van der Waals surface area contributed by atoms with E-state index < -0.39 is 5.72 Å². The van der Waals surface area contributed by atoms with E-state index in [2.05, 4.69) is 15.5 Å². The molecule has 4 rings (SSSR count). The number of hydrogen-bond donors (Lipinski definition) is 2. The van der Waals surface area contributed by atoms with Gasteiger partial charge in [-0.1, -0.05) is 31.4 Å². The molecule has 0 atom stereocenters. The van der Waals surface area contributed by atoms with Crippen molar-refractivity contribution in [3.63, 3.8) is 0 Å². The molecule has 0 bridgehead atoms. The summed E-state index contributed by atoms with van der Waals surface area (Å²) in [6.07, 6.45) is 7.30. The van der Waals surface area contributed by atoms with Crippen LogP contribution in [0.4, 0.5) is 0 Å². The van der Waals surface area contributed by atoms with Crippen LogP contribution in [0.25, 0.3) is 0 Å². The summed E-state index contributed by atoms with van der Waals surface area (Å²) in [5, 5.41) is 6.21. The highest BCUT2D eigenvalue weighted by Gasteiger charge is 2.42. The molecule has 1 aromatic carbocycles. The van der Waals surface area contributed by atoms with Gasteiger partial charge in [-0.15, -0.1) is 0 Å². The van der Waals surface area contributed by atoms with E-state index in [0.717, 1.165) is 25.9 Å². The number of ether oxygens (including phenoxy) is 1. The molecule has 1 saturated carbocycles. The molecule has 1 aliphatic carbocycles. The van der Waals surface area contributed by atoms with E-state index in [4.69, 9.17) is 4.74 Å². The van der Waals surface area contributed by atoms with Crippen LogP contribution >= 0.6 is 0 Å². The van der Waals surface area contributed by atoms with E-state index in [1.807, 2.05) is 18.2 Å². The van der Waals surface area contributed by atoms with Crippen LogP contribution in [0.1, 0.15) is 55.3 Å². The zero-order valence-corrected chi connectivity index (χ0v) is 15.1. The van der Waals surface area contributed by atoms with Gasteiger partial charge < -0.3 is 15.4 Å². The number of carbonyl (C=O) groups excluding carboxylic acids is 2. The lowest BCUT2D eigenvalue weighted by molar-refractivity contribution is -0.124. The van der Waals surface area contributed by atoms with Gasteiger partial charge in [-0.2, -0.15) is 0 Å². The summed E-state index contributed by atoms with van der Waals surface area (Å²) in [4.78, 5) is 26.8. The summed E-state index contributed by atoms with van der Waals surface area (Å²) in [6, 6.07) is 7.70. The van der Waals surface area contributed by atoms with Crippen molar-refractivity contribution in [1.29, 1.82) is 0 Å². The molecule has 26 heavy (non-hydrogen) atoms. The summed E-state index contributed by atoms with van der Waals surface area (Å²) in [7, 11) is 0. The molecule has 1 saturated heterocycles. The number of amides is 2. The van der Waals surface area contributed by atoms with E-state index in [-0.39, 0.29) is 11.8 Å². The monoisotopic (exact) mass is 357 g/mol. The second kappa shape index (κ2) is 7.27. The first-order chi connectivity index (χ1) is 12.6. The Morgan fingerprint density at radius 3 is 2.69 bits per heavy atom. The minimum atomic E-state index is -0.637. The van der Waals surface area contributed by atoms with Crippen molar-refractivity contribution in [3.8, 4) is 5.75 Å². The molecule has 1 spiro atoms. The SMILES string of the molecule is O=C(CN1CCC2(CC1)NC(=O)c1ccccc1O2)NC1CCCCC1. The maximum absolute atomic E-state index is 12.4. The number of likely N-dealkylation sites (tertiary alicyclic amines) is 1. The quantitative estimate of drug-likeness (QED) is 0.869. The fourth-order valence-electron chi connectivity index (χ4n) is 4.28. The molecule has 2 heterocycles. The van der Waals surface area contributed by atoms with Gasteiger partial charge in [0.1, 0.15) is 5.75 Å². The number of nitrogens with one attached hydrogen (secondary N) is 2. The van der Waals surface area contributed by atoms with E-state index in [9.17, 15) is 9.59 Å². The second-order valence-corrected chi connectivity index (χ2v) is 7.73. The Labute approximate surface area is 154 Å². The molecule has 0 unspecified atom stereocenters.